The Bertz CT molecular complexity index is 504. The predicted molar refractivity (Wildman–Crippen MR) is 69.2 cm³/mol. The Kier molecular flexibility index (Phi) is 3.00. The van der Waals surface area contributed by atoms with E-state index in [9.17, 15) is 4.79 Å². The third-order valence-corrected chi connectivity index (χ3v) is 3.19. The average molecular weight is 297 g/mol. The van der Waals surface area contributed by atoms with Crippen LogP contribution in [0.1, 0.15) is 29.8 Å². The van der Waals surface area contributed by atoms with E-state index in [1.54, 1.807) is 12.1 Å². The summed E-state index contributed by atoms with van der Waals surface area (Å²) in [6.45, 7) is 3.92. The normalized spacial score (nSPS) is 16.0. The maximum Gasteiger partial charge on any atom is 0.338 e. The third kappa shape index (κ3) is 2.22. The third-order valence-electron chi connectivity index (χ3n) is 2.57. The minimum Gasteiger partial charge on any atom is -0.482 e. The second-order valence-corrected chi connectivity index (χ2v) is 5.22. The van der Waals surface area contributed by atoms with E-state index in [1.165, 1.54) is 7.11 Å². The highest BCUT2D eigenvalue weighted by Crippen LogP contribution is 2.39. The van der Waals surface area contributed by atoms with Crippen LogP contribution in [0.5, 0.6) is 5.75 Å². The summed E-state index contributed by atoms with van der Waals surface area (Å²) in [6, 6.07) is 3.51. The van der Waals surface area contributed by atoms with Gasteiger partial charge in [-0.05, 0) is 48.0 Å². The average Bonchev–Trinajstić information content (AvgIpc) is 2.28. The molecule has 17 heavy (non-hydrogen) atoms. The Morgan fingerprint density at radius 3 is 2.76 bits per heavy atom. The molecule has 0 aromatic heterocycles. The van der Waals surface area contributed by atoms with Crippen LogP contribution in [0.15, 0.2) is 22.7 Å². The molecule has 0 aliphatic carbocycles. The highest BCUT2D eigenvalue weighted by atomic mass is 79.9. The summed E-state index contributed by atoms with van der Waals surface area (Å²) in [5, 5.41) is 0. The molecule has 0 atom stereocenters. The highest BCUT2D eigenvalue weighted by Gasteiger charge is 2.26. The SMILES string of the molecule is COC(=O)c1ccc(Br)c2c1C=CC(C)(C)O2. The Balaban J connectivity index is 2.59. The molecule has 0 spiro atoms. The molecule has 0 N–H and O–H groups in total. The van der Waals surface area contributed by atoms with Gasteiger partial charge >= 0.3 is 5.97 Å². The lowest BCUT2D eigenvalue weighted by Gasteiger charge is -2.29. The molecule has 1 aliphatic rings. The molecule has 0 saturated carbocycles. The molecule has 0 amide bonds. The number of carbonyl (C=O) groups excluding carboxylic acids is 1. The van der Waals surface area contributed by atoms with Gasteiger partial charge in [0, 0.05) is 5.56 Å². The molecule has 90 valence electrons. The van der Waals surface area contributed by atoms with E-state index >= 15 is 0 Å². The molecule has 0 radical (unpaired) electrons. The van der Waals surface area contributed by atoms with Gasteiger partial charge in [0.2, 0.25) is 0 Å². The largest absolute Gasteiger partial charge is 0.482 e. The lowest BCUT2D eigenvalue weighted by molar-refractivity contribution is 0.0598. The molecule has 1 aliphatic heterocycles. The molecule has 1 aromatic carbocycles. The minimum absolute atomic E-state index is 0.360. The number of hydrogen-bond donors (Lipinski definition) is 0. The number of rotatable bonds is 1. The van der Waals surface area contributed by atoms with Crippen LogP contribution in [0.2, 0.25) is 0 Å². The molecule has 0 saturated heterocycles. The van der Waals surface area contributed by atoms with Crippen LogP contribution in [0.3, 0.4) is 0 Å². The van der Waals surface area contributed by atoms with Crippen molar-refractivity contribution in [2.45, 2.75) is 19.4 Å². The second kappa shape index (κ2) is 4.18. The molecule has 3 nitrogen and oxygen atoms in total. The summed E-state index contributed by atoms with van der Waals surface area (Å²) in [5.41, 5.74) is 0.896. The van der Waals surface area contributed by atoms with Gasteiger partial charge in [-0.2, -0.15) is 0 Å². The van der Waals surface area contributed by atoms with Crippen LogP contribution in [0.25, 0.3) is 6.08 Å². The zero-order valence-corrected chi connectivity index (χ0v) is 11.5. The first-order valence-electron chi connectivity index (χ1n) is 5.24. The van der Waals surface area contributed by atoms with E-state index in [4.69, 9.17) is 9.47 Å². The van der Waals surface area contributed by atoms with Crippen molar-refractivity contribution in [3.63, 3.8) is 0 Å². The van der Waals surface area contributed by atoms with E-state index in [0.29, 0.717) is 11.3 Å². The quantitative estimate of drug-likeness (QED) is 0.745. The summed E-state index contributed by atoms with van der Waals surface area (Å²) in [6.07, 6.45) is 3.82. The van der Waals surface area contributed by atoms with E-state index < -0.39 is 0 Å². The predicted octanol–water partition coefficient (Wildman–Crippen LogP) is 3.42. The molecule has 1 heterocycles. The number of hydrogen-bond acceptors (Lipinski definition) is 3. The van der Waals surface area contributed by atoms with Crippen molar-refractivity contribution in [1.29, 1.82) is 0 Å². The van der Waals surface area contributed by atoms with Gasteiger partial charge in [0.05, 0.1) is 17.1 Å². The van der Waals surface area contributed by atoms with Crippen molar-refractivity contribution in [2.24, 2.45) is 0 Å². The summed E-state index contributed by atoms with van der Waals surface area (Å²) in [5.74, 6) is 0.321. The van der Waals surface area contributed by atoms with E-state index in [1.807, 2.05) is 26.0 Å². The first-order chi connectivity index (χ1) is 7.94. The number of benzene rings is 1. The Morgan fingerprint density at radius 1 is 1.41 bits per heavy atom. The van der Waals surface area contributed by atoms with Gasteiger partial charge in [0.25, 0.3) is 0 Å². The van der Waals surface area contributed by atoms with Crippen LogP contribution in [0, 0.1) is 0 Å². The molecular formula is C13H13BrO3. The fourth-order valence-corrected chi connectivity index (χ4v) is 2.14. The van der Waals surface area contributed by atoms with Gasteiger partial charge in [-0.1, -0.05) is 6.08 Å². The lowest BCUT2D eigenvalue weighted by atomic mass is 9.98. The lowest BCUT2D eigenvalue weighted by Crippen LogP contribution is -2.28. The summed E-state index contributed by atoms with van der Waals surface area (Å²) in [4.78, 5) is 11.6. The van der Waals surface area contributed by atoms with E-state index in [2.05, 4.69) is 15.9 Å². The van der Waals surface area contributed by atoms with Crippen molar-refractivity contribution in [3.05, 3.63) is 33.8 Å². The zero-order valence-electron chi connectivity index (χ0n) is 9.91. The van der Waals surface area contributed by atoms with Crippen molar-refractivity contribution < 1.29 is 14.3 Å². The first-order valence-corrected chi connectivity index (χ1v) is 6.03. The fraction of sp³-hybridized carbons (Fsp3) is 0.308. The maximum absolute atomic E-state index is 11.6. The van der Waals surface area contributed by atoms with Gasteiger partial charge in [0.15, 0.2) is 0 Å². The van der Waals surface area contributed by atoms with Crippen LogP contribution < -0.4 is 4.74 Å². The van der Waals surface area contributed by atoms with Gasteiger partial charge in [0.1, 0.15) is 11.4 Å². The topological polar surface area (TPSA) is 35.5 Å². The number of esters is 1. The number of ether oxygens (including phenoxy) is 2. The Morgan fingerprint density at radius 2 is 2.12 bits per heavy atom. The first kappa shape index (κ1) is 12.2. The van der Waals surface area contributed by atoms with Crippen molar-refractivity contribution >= 4 is 28.0 Å². The minimum atomic E-state index is -0.371. The Labute approximate surface area is 109 Å². The number of fused-ring (bicyclic) bond motifs is 1. The summed E-state index contributed by atoms with van der Waals surface area (Å²) < 4.78 is 11.4. The molecule has 4 heteroatoms. The smallest absolute Gasteiger partial charge is 0.338 e. The highest BCUT2D eigenvalue weighted by molar-refractivity contribution is 9.10. The number of carbonyl (C=O) groups is 1. The molecule has 0 bridgehead atoms. The summed E-state index contributed by atoms with van der Waals surface area (Å²) in [7, 11) is 1.37. The monoisotopic (exact) mass is 296 g/mol. The van der Waals surface area contributed by atoms with Crippen LogP contribution >= 0.6 is 15.9 Å². The number of methoxy groups -OCH3 is 1. The van der Waals surface area contributed by atoms with Gasteiger partial charge in [-0.25, -0.2) is 4.79 Å². The molecule has 0 unspecified atom stereocenters. The molecule has 2 rings (SSSR count). The zero-order chi connectivity index (χ0) is 12.6. The molecule has 1 aromatic rings. The molecule has 0 fully saturated rings. The van der Waals surface area contributed by atoms with Gasteiger partial charge in [-0.3, -0.25) is 0 Å². The molecular weight excluding hydrogens is 284 g/mol. The van der Waals surface area contributed by atoms with Gasteiger partial charge in [-0.15, -0.1) is 0 Å². The summed E-state index contributed by atoms with van der Waals surface area (Å²) >= 11 is 3.43. The van der Waals surface area contributed by atoms with Crippen LogP contribution in [-0.2, 0) is 4.74 Å². The van der Waals surface area contributed by atoms with Gasteiger partial charge < -0.3 is 9.47 Å². The van der Waals surface area contributed by atoms with E-state index in [0.717, 1.165) is 10.0 Å². The fourth-order valence-electron chi connectivity index (χ4n) is 1.71. The van der Waals surface area contributed by atoms with Crippen LogP contribution in [0.4, 0.5) is 0 Å². The van der Waals surface area contributed by atoms with Crippen molar-refractivity contribution in [1.82, 2.24) is 0 Å². The Hall–Kier alpha value is -1.29. The van der Waals surface area contributed by atoms with E-state index in [-0.39, 0.29) is 11.6 Å². The van der Waals surface area contributed by atoms with Crippen molar-refractivity contribution in [2.75, 3.05) is 7.11 Å². The second-order valence-electron chi connectivity index (χ2n) is 4.37. The standard InChI is InChI=1S/C13H13BrO3/c1-13(2)7-6-8-9(12(15)16-3)4-5-10(14)11(8)17-13/h4-7H,1-3H3. The maximum atomic E-state index is 11.6. The van der Waals surface area contributed by atoms with Crippen molar-refractivity contribution in [3.8, 4) is 5.75 Å². The number of halogens is 1. The van der Waals surface area contributed by atoms with Crippen LogP contribution in [-0.4, -0.2) is 18.7 Å².